The van der Waals surface area contributed by atoms with Gasteiger partial charge in [0.05, 0.1) is 0 Å². The van der Waals surface area contributed by atoms with Gasteiger partial charge in [0.25, 0.3) is 0 Å². The monoisotopic (exact) mass is 435 g/mol. The third kappa shape index (κ3) is 23.0. The molecule has 0 heterocycles. The van der Waals surface area contributed by atoms with Gasteiger partial charge in [-0.1, -0.05) is 182 Å². The summed E-state index contributed by atoms with van der Waals surface area (Å²) >= 11 is 0. The van der Waals surface area contributed by atoms with Crippen LogP contribution >= 0.6 is 0 Å². The van der Waals surface area contributed by atoms with Gasteiger partial charge in [-0.25, -0.2) is 0 Å². The van der Waals surface area contributed by atoms with E-state index in [1.54, 1.807) is 0 Å². The summed E-state index contributed by atoms with van der Waals surface area (Å²) in [5.41, 5.74) is 0. The Bertz CT molecular complexity index is 291. The van der Waals surface area contributed by atoms with E-state index in [1.807, 2.05) is 0 Å². The minimum Gasteiger partial charge on any atom is -0.0654 e. The number of hydrogen-bond donors (Lipinski definition) is 0. The van der Waals surface area contributed by atoms with Crippen molar-refractivity contribution in [2.24, 2.45) is 11.8 Å². The molecule has 0 aliphatic carbocycles. The zero-order chi connectivity index (χ0) is 22.8. The van der Waals surface area contributed by atoms with Gasteiger partial charge in [0.2, 0.25) is 0 Å². The highest BCUT2D eigenvalue weighted by Crippen LogP contribution is 2.30. The lowest BCUT2D eigenvalue weighted by atomic mass is 9.82. The quantitative estimate of drug-likeness (QED) is 0.118. The van der Waals surface area contributed by atoms with Gasteiger partial charge < -0.3 is 0 Å². The molecule has 0 spiro atoms. The maximum Gasteiger partial charge on any atom is -0.0324 e. The molecule has 31 heavy (non-hydrogen) atoms. The van der Waals surface area contributed by atoms with Gasteiger partial charge >= 0.3 is 0 Å². The SMILES string of the molecule is CCCCCCCCC([CH]C(CCCCCCCC)CCCCCCCC)CCCC. The summed E-state index contributed by atoms with van der Waals surface area (Å²) in [6, 6.07) is 0. The van der Waals surface area contributed by atoms with Gasteiger partial charge in [-0.05, 0) is 18.3 Å². The van der Waals surface area contributed by atoms with Gasteiger partial charge in [-0.3, -0.25) is 0 Å². The summed E-state index contributed by atoms with van der Waals surface area (Å²) in [6.45, 7) is 9.34. The van der Waals surface area contributed by atoms with Crippen LogP contribution in [-0.2, 0) is 0 Å². The zero-order valence-electron chi connectivity index (χ0n) is 22.7. The first-order valence-corrected chi connectivity index (χ1v) is 15.1. The highest BCUT2D eigenvalue weighted by atomic mass is 14.2. The second-order valence-electron chi connectivity index (χ2n) is 10.5. The Morgan fingerprint density at radius 3 is 0.903 bits per heavy atom. The molecule has 0 amide bonds. The van der Waals surface area contributed by atoms with Crippen molar-refractivity contribution in [3.63, 3.8) is 0 Å². The minimum absolute atomic E-state index is 0.899. The van der Waals surface area contributed by atoms with Crippen LogP contribution in [0, 0.1) is 18.3 Å². The lowest BCUT2D eigenvalue weighted by Gasteiger charge is -2.24. The van der Waals surface area contributed by atoms with Crippen molar-refractivity contribution in [1.29, 1.82) is 0 Å². The van der Waals surface area contributed by atoms with Crippen LogP contribution in [0.25, 0.3) is 0 Å². The summed E-state index contributed by atoms with van der Waals surface area (Å²) in [4.78, 5) is 0. The smallest absolute Gasteiger partial charge is 0.0324 e. The van der Waals surface area contributed by atoms with Gasteiger partial charge in [0.1, 0.15) is 0 Å². The molecule has 0 aromatic heterocycles. The molecule has 0 aromatic carbocycles. The number of rotatable bonds is 26. The van der Waals surface area contributed by atoms with E-state index < -0.39 is 0 Å². The van der Waals surface area contributed by atoms with Gasteiger partial charge in [-0.15, -0.1) is 0 Å². The van der Waals surface area contributed by atoms with E-state index in [-0.39, 0.29) is 0 Å². The molecule has 0 nitrogen and oxygen atoms in total. The molecule has 0 aromatic rings. The highest BCUT2D eigenvalue weighted by Gasteiger charge is 2.16. The maximum absolute atomic E-state index is 2.87. The van der Waals surface area contributed by atoms with Gasteiger partial charge in [0, 0.05) is 0 Å². The molecule has 0 aliphatic rings. The van der Waals surface area contributed by atoms with Crippen molar-refractivity contribution in [3.05, 3.63) is 6.42 Å². The summed E-state index contributed by atoms with van der Waals surface area (Å²) in [6.07, 6.45) is 37.5. The van der Waals surface area contributed by atoms with Crippen molar-refractivity contribution in [1.82, 2.24) is 0 Å². The van der Waals surface area contributed by atoms with Crippen LogP contribution in [0.15, 0.2) is 0 Å². The van der Waals surface area contributed by atoms with Gasteiger partial charge in [-0.2, -0.15) is 0 Å². The molecule has 0 fully saturated rings. The van der Waals surface area contributed by atoms with E-state index in [0.29, 0.717) is 0 Å². The molecule has 0 rings (SSSR count). The van der Waals surface area contributed by atoms with Crippen LogP contribution < -0.4 is 0 Å². The fourth-order valence-corrected chi connectivity index (χ4v) is 5.09. The normalized spacial score (nSPS) is 12.7. The molecular weight excluding hydrogens is 372 g/mol. The standard InChI is InChI=1S/C31H63/c1-5-9-13-16-19-22-26-30(25-12-8-4)29-31(27-23-20-17-14-10-6-2)28-24-21-18-15-11-7-3/h29-31H,5-28H2,1-4H3. The minimum atomic E-state index is 0.899. The molecular formula is C31H63. The summed E-state index contributed by atoms with van der Waals surface area (Å²) in [5.74, 6) is 1.80. The summed E-state index contributed by atoms with van der Waals surface area (Å²) < 4.78 is 0. The van der Waals surface area contributed by atoms with Crippen molar-refractivity contribution >= 4 is 0 Å². The van der Waals surface area contributed by atoms with E-state index in [0.717, 1.165) is 11.8 Å². The second kappa shape index (κ2) is 26.3. The van der Waals surface area contributed by atoms with Crippen LogP contribution in [0.3, 0.4) is 0 Å². The van der Waals surface area contributed by atoms with Crippen LogP contribution in [0.1, 0.15) is 182 Å². The first-order valence-electron chi connectivity index (χ1n) is 15.1. The molecule has 0 heteroatoms. The summed E-state index contributed by atoms with van der Waals surface area (Å²) in [7, 11) is 0. The van der Waals surface area contributed by atoms with E-state index >= 15 is 0 Å². The van der Waals surface area contributed by atoms with E-state index in [1.165, 1.54) is 154 Å². The highest BCUT2D eigenvalue weighted by molar-refractivity contribution is 4.84. The Kier molecular flexibility index (Phi) is 26.3. The second-order valence-corrected chi connectivity index (χ2v) is 10.5. The van der Waals surface area contributed by atoms with Crippen LogP contribution in [0.4, 0.5) is 0 Å². The Labute approximate surface area is 200 Å². The largest absolute Gasteiger partial charge is 0.0654 e. The average Bonchev–Trinajstić information content (AvgIpc) is 2.78. The number of hydrogen-bond acceptors (Lipinski definition) is 0. The van der Waals surface area contributed by atoms with Crippen molar-refractivity contribution in [2.45, 2.75) is 182 Å². The molecule has 0 saturated heterocycles. The lowest BCUT2D eigenvalue weighted by Crippen LogP contribution is -2.11. The predicted octanol–water partition coefficient (Wildman–Crippen LogP) is 11.9. The van der Waals surface area contributed by atoms with Crippen LogP contribution in [0.5, 0.6) is 0 Å². The Balaban J connectivity index is 4.38. The third-order valence-corrected chi connectivity index (χ3v) is 7.26. The van der Waals surface area contributed by atoms with E-state index in [9.17, 15) is 0 Å². The Hall–Kier alpha value is 0. The van der Waals surface area contributed by atoms with Crippen LogP contribution in [0.2, 0.25) is 0 Å². The topological polar surface area (TPSA) is 0 Å². The predicted molar refractivity (Wildman–Crippen MR) is 145 cm³/mol. The molecule has 1 radical (unpaired) electrons. The molecule has 0 aliphatic heterocycles. The van der Waals surface area contributed by atoms with Gasteiger partial charge in [0.15, 0.2) is 0 Å². The molecule has 0 saturated carbocycles. The van der Waals surface area contributed by atoms with E-state index in [4.69, 9.17) is 0 Å². The third-order valence-electron chi connectivity index (χ3n) is 7.26. The molecule has 1 unspecified atom stereocenters. The fourth-order valence-electron chi connectivity index (χ4n) is 5.09. The average molecular weight is 436 g/mol. The van der Waals surface area contributed by atoms with Crippen LogP contribution in [-0.4, -0.2) is 0 Å². The molecule has 187 valence electrons. The lowest BCUT2D eigenvalue weighted by molar-refractivity contribution is 0.367. The van der Waals surface area contributed by atoms with Crippen molar-refractivity contribution < 1.29 is 0 Å². The summed E-state index contributed by atoms with van der Waals surface area (Å²) in [5, 5.41) is 0. The molecule has 1 atom stereocenters. The first kappa shape index (κ1) is 31.0. The number of unbranched alkanes of at least 4 members (excludes halogenated alkanes) is 16. The fraction of sp³-hybridized carbons (Fsp3) is 0.968. The maximum atomic E-state index is 2.87. The van der Waals surface area contributed by atoms with Crippen molar-refractivity contribution in [3.8, 4) is 0 Å². The Morgan fingerprint density at radius 1 is 0.323 bits per heavy atom. The van der Waals surface area contributed by atoms with E-state index in [2.05, 4.69) is 34.1 Å². The molecule has 0 N–H and O–H groups in total. The Morgan fingerprint density at radius 2 is 0.581 bits per heavy atom. The molecule has 0 bridgehead atoms. The first-order chi connectivity index (χ1) is 15.3. The zero-order valence-corrected chi connectivity index (χ0v) is 22.7. The van der Waals surface area contributed by atoms with Crippen molar-refractivity contribution in [2.75, 3.05) is 0 Å².